The Bertz CT molecular complexity index is 362. The van der Waals surface area contributed by atoms with E-state index in [1.54, 1.807) is 7.11 Å². The Kier molecular flexibility index (Phi) is 5.11. The van der Waals surface area contributed by atoms with Crippen LogP contribution in [0.2, 0.25) is 0 Å². The minimum atomic E-state index is -4.20. The first kappa shape index (κ1) is 16.5. The number of piperidine rings is 1. The maximum Gasteiger partial charge on any atom is 0.393 e. The molecular weight excluding hydrogens is 289 g/mol. The Morgan fingerprint density at radius 3 is 2.71 bits per heavy atom. The van der Waals surface area contributed by atoms with Crippen molar-refractivity contribution in [3.63, 3.8) is 0 Å². The van der Waals surface area contributed by atoms with Gasteiger partial charge in [-0.05, 0) is 12.8 Å². The Hall–Kier alpha value is -0.860. The second kappa shape index (κ2) is 6.50. The molecule has 0 saturated carbocycles. The van der Waals surface area contributed by atoms with Crippen molar-refractivity contribution in [3.05, 3.63) is 0 Å². The van der Waals surface area contributed by atoms with E-state index in [-0.39, 0.29) is 25.3 Å². The van der Waals surface area contributed by atoms with E-state index in [0.717, 1.165) is 0 Å². The molecule has 2 aliphatic heterocycles. The molecule has 8 heteroatoms. The molecule has 2 N–H and O–H groups in total. The minimum absolute atomic E-state index is 0.0207. The van der Waals surface area contributed by atoms with Crippen molar-refractivity contribution in [1.82, 2.24) is 10.6 Å². The fourth-order valence-corrected chi connectivity index (χ4v) is 2.69. The Morgan fingerprint density at radius 1 is 1.48 bits per heavy atom. The summed E-state index contributed by atoms with van der Waals surface area (Å²) in [5.41, 5.74) is -0.515. The first-order valence-corrected chi connectivity index (χ1v) is 7.07. The molecule has 0 aromatic heterocycles. The van der Waals surface area contributed by atoms with Crippen LogP contribution in [0.25, 0.3) is 0 Å². The lowest BCUT2D eigenvalue weighted by atomic mass is 9.93. The molecule has 1 amide bonds. The number of rotatable bonds is 4. The van der Waals surface area contributed by atoms with Crippen molar-refractivity contribution in [2.45, 2.75) is 37.1 Å². The van der Waals surface area contributed by atoms with Crippen LogP contribution < -0.4 is 10.6 Å². The second-order valence-corrected chi connectivity index (χ2v) is 5.68. The number of ether oxygens (including phenoxy) is 2. The van der Waals surface area contributed by atoms with Crippen molar-refractivity contribution >= 4 is 5.91 Å². The lowest BCUT2D eigenvalue weighted by Gasteiger charge is -2.31. The van der Waals surface area contributed by atoms with Gasteiger partial charge < -0.3 is 20.1 Å². The zero-order valence-electron chi connectivity index (χ0n) is 12.0. The van der Waals surface area contributed by atoms with E-state index >= 15 is 0 Å². The summed E-state index contributed by atoms with van der Waals surface area (Å²) in [5, 5.41) is 5.43. The molecular formula is C13H21F3N2O3. The lowest BCUT2D eigenvalue weighted by molar-refractivity contribution is -0.180. The standard InChI is InChI=1S/C13H21F3N2O3/c1-20-12(4-5-21-8-12)7-18-11(19)10-3-2-9(6-17-10)13(14,15)16/h9-10,17H,2-8H2,1H3,(H,18,19). The van der Waals surface area contributed by atoms with E-state index in [1.807, 2.05) is 0 Å². The molecule has 2 saturated heterocycles. The highest BCUT2D eigenvalue weighted by Gasteiger charge is 2.43. The van der Waals surface area contributed by atoms with Gasteiger partial charge in [0.1, 0.15) is 5.60 Å². The van der Waals surface area contributed by atoms with Crippen molar-refractivity contribution in [2.75, 3.05) is 33.4 Å². The molecule has 0 radical (unpaired) electrons. The van der Waals surface area contributed by atoms with E-state index in [2.05, 4.69) is 10.6 Å². The van der Waals surface area contributed by atoms with Crippen LogP contribution in [0.4, 0.5) is 13.2 Å². The maximum atomic E-state index is 12.5. The normalized spacial score (nSPS) is 33.9. The number of carbonyl (C=O) groups excluding carboxylic acids is 1. The van der Waals surface area contributed by atoms with Crippen LogP contribution in [0.5, 0.6) is 0 Å². The highest BCUT2D eigenvalue weighted by molar-refractivity contribution is 5.81. The molecule has 0 aliphatic carbocycles. The molecule has 122 valence electrons. The number of carbonyl (C=O) groups is 1. The minimum Gasteiger partial charge on any atom is -0.378 e. The third-order valence-electron chi connectivity index (χ3n) is 4.28. The van der Waals surface area contributed by atoms with Gasteiger partial charge in [-0.3, -0.25) is 4.79 Å². The van der Waals surface area contributed by atoms with Crippen LogP contribution in [0.15, 0.2) is 0 Å². The number of amides is 1. The van der Waals surface area contributed by atoms with Crippen LogP contribution in [-0.2, 0) is 14.3 Å². The van der Waals surface area contributed by atoms with Gasteiger partial charge in [-0.25, -0.2) is 0 Å². The Morgan fingerprint density at radius 2 is 2.24 bits per heavy atom. The third-order valence-corrected chi connectivity index (χ3v) is 4.28. The Labute approximate surface area is 121 Å². The quantitative estimate of drug-likeness (QED) is 0.808. The summed E-state index contributed by atoms with van der Waals surface area (Å²) < 4.78 is 48.3. The zero-order valence-corrected chi connectivity index (χ0v) is 12.0. The SMILES string of the molecule is COC1(CNC(=O)C2CCC(C(F)(F)F)CN2)CCOC1. The lowest BCUT2D eigenvalue weighted by Crippen LogP contribution is -2.54. The fraction of sp³-hybridized carbons (Fsp3) is 0.923. The molecule has 0 bridgehead atoms. The second-order valence-electron chi connectivity index (χ2n) is 5.68. The summed E-state index contributed by atoms with van der Waals surface area (Å²) >= 11 is 0. The van der Waals surface area contributed by atoms with Crippen LogP contribution in [0.1, 0.15) is 19.3 Å². The molecule has 2 fully saturated rings. The van der Waals surface area contributed by atoms with E-state index < -0.39 is 23.7 Å². The predicted molar refractivity (Wildman–Crippen MR) is 68.8 cm³/mol. The monoisotopic (exact) mass is 310 g/mol. The van der Waals surface area contributed by atoms with Crippen molar-refractivity contribution in [1.29, 1.82) is 0 Å². The third kappa shape index (κ3) is 4.08. The summed E-state index contributed by atoms with van der Waals surface area (Å²) in [6.45, 7) is 1.10. The van der Waals surface area contributed by atoms with Gasteiger partial charge in [0.25, 0.3) is 0 Å². The van der Waals surface area contributed by atoms with Crippen LogP contribution in [-0.4, -0.2) is 57.1 Å². The highest BCUT2D eigenvalue weighted by Crippen LogP contribution is 2.32. The van der Waals surface area contributed by atoms with Crippen LogP contribution in [0.3, 0.4) is 0 Å². The van der Waals surface area contributed by atoms with Gasteiger partial charge in [0, 0.05) is 33.2 Å². The number of methoxy groups -OCH3 is 1. The van der Waals surface area contributed by atoms with Gasteiger partial charge in [-0.2, -0.15) is 13.2 Å². The van der Waals surface area contributed by atoms with Gasteiger partial charge in [-0.1, -0.05) is 0 Å². The number of hydrogen-bond acceptors (Lipinski definition) is 4. The van der Waals surface area contributed by atoms with E-state index in [9.17, 15) is 18.0 Å². The van der Waals surface area contributed by atoms with E-state index in [0.29, 0.717) is 26.2 Å². The number of hydrogen-bond donors (Lipinski definition) is 2. The van der Waals surface area contributed by atoms with Gasteiger partial charge in [0.05, 0.1) is 18.6 Å². The van der Waals surface area contributed by atoms with Crippen molar-refractivity contribution in [2.24, 2.45) is 5.92 Å². The smallest absolute Gasteiger partial charge is 0.378 e. The molecule has 21 heavy (non-hydrogen) atoms. The van der Waals surface area contributed by atoms with Gasteiger partial charge >= 0.3 is 6.18 Å². The predicted octanol–water partition coefficient (Wildman–Crippen LogP) is 0.839. The Balaban J connectivity index is 1.77. The van der Waals surface area contributed by atoms with Crippen molar-refractivity contribution < 1.29 is 27.4 Å². The average molecular weight is 310 g/mol. The molecule has 0 spiro atoms. The summed E-state index contributed by atoms with van der Waals surface area (Å²) in [5.74, 6) is -1.64. The van der Waals surface area contributed by atoms with E-state index in [4.69, 9.17) is 9.47 Å². The maximum absolute atomic E-state index is 12.5. The summed E-state index contributed by atoms with van der Waals surface area (Å²) in [6, 6.07) is -0.570. The fourth-order valence-electron chi connectivity index (χ4n) is 2.69. The molecule has 3 unspecified atom stereocenters. The van der Waals surface area contributed by atoms with Gasteiger partial charge in [0.2, 0.25) is 5.91 Å². The summed E-state index contributed by atoms with van der Waals surface area (Å²) in [6.07, 6.45) is -3.34. The highest BCUT2D eigenvalue weighted by atomic mass is 19.4. The first-order chi connectivity index (χ1) is 9.86. The molecule has 2 aliphatic rings. The summed E-state index contributed by atoms with van der Waals surface area (Å²) in [4.78, 5) is 12.0. The molecule has 0 aromatic rings. The van der Waals surface area contributed by atoms with Gasteiger partial charge in [0.15, 0.2) is 0 Å². The first-order valence-electron chi connectivity index (χ1n) is 7.07. The molecule has 2 heterocycles. The molecule has 5 nitrogen and oxygen atoms in total. The number of nitrogens with one attached hydrogen (secondary N) is 2. The summed E-state index contributed by atoms with van der Waals surface area (Å²) in [7, 11) is 1.56. The van der Waals surface area contributed by atoms with Crippen LogP contribution >= 0.6 is 0 Å². The van der Waals surface area contributed by atoms with Crippen molar-refractivity contribution in [3.8, 4) is 0 Å². The zero-order chi connectivity index (χ0) is 15.5. The number of alkyl halides is 3. The topological polar surface area (TPSA) is 59.6 Å². The molecule has 0 aromatic carbocycles. The molecule has 3 atom stereocenters. The van der Waals surface area contributed by atoms with E-state index in [1.165, 1.54) is 0 Å². The van der Waals surface area contributed by atoms with Gasteiger partial charge in [-0.15, -0.1) is 0 Å². The number of halogens is 3. The average Bonchev–Trinajstić information content (AvgIpc) is 2.93. The molecule has 2 rings (SSSR count). The largest absolute Gasteiger partial charge is 0.393 e. The van der Waals surface area contributed by atoms with Crippen LogP contribution in [0, 0.1) is 5.92 Å².